The van der Waals surface area contributed by atoms with Crippen LogP contribution in [-0.4, -0.2) is 26.3 Å². The lowest BCUT2D eigenvalue weighted by Crippen LogP contribution is -2.34. The van der Waals surface area contributed by atoms with Gasteiger partial charge in [-0.1, -0.05) is 0 Å². The summed E-state index contributed by atoms with van der Waals surface area (Å²) in [6.07, 6.45) is 2.44. The molecule has 0 unspecified atom stereocenters. The number of piperidine rings is 1. The zero-order chi connectivity index (χ0) is 12.3. The monoisotopic (exact) mass is 235 g/mol. The van der Waals surface area contributed by atoms with Gasteiger partial charge in [0.15, 0.2) is 11.5 Å². The summed E-state index contributed by atoms with van der Waals surface area (Å²) in [5.74, 6) is 1.72. The van der Waals surface area contributed by atoms with E-state index in [2.05, 4.69) is 25.2 Å². The quantitative estimate of drug-likeness (QED) is 0.873. The summed E-state index contributed by atoms with van der Waals surface area (Å²) < 4.78 is 11.4. The first kappa shape index (κ1) is 12.2. The second-order valence-corrected chi connectivity index (χ2v) is 4.65. The van der Waals surface area contributed by atoms with E-state index in [0.717, 1.165) is 37.4 Å². The van der Waals surface area contributed by atoms with Gasteiger partial charge in [-0.15, -0.1) is 0 Å². The summed E-state index contributed by atoms with van der Waals surface area (Å²) in [6, 6.07) is 4.13. The second-order valence-electron chi connectivity index (χ2n) is 4.65. The molecule has 1 aliphatic heterocycles. The lowest BCUT2D eigenvalue weighted by molar-refractivity contribution is 0.156. The number of nitrogens with one attached hydrogen (secondary N) is 1. The number of ether oxygens (including phenoxy) is 2. The zero-order valence-corrected chi connectivity index (χ0v) is 10.9. The van der Waals surface area contributed by atoms with Gasteiger partial charge in [0.2, 0.25) is 0 Å². The SMILES string of the molecule is COc1cc(C)c(C)cc1OC1CCNCC1. The smallest absolute Gasteiger partial charge is 0.161 e. The van der Waals surface area contributed by atoms with E-state index in [0.29, 0.717) is 6.10 Å². The van der Waals surface area contributed by atoms with Crippen LogP contribution in [0.3, 0.4) is 0 Å². The highest BCUT2D eigenvalue weighted by atomic mass is 16.5. The maximum atomic E-state index is 6.05. The van der Waals surface area contributed by atoms with Crippen molar-refractivity contribution in [1.82, 2.24) is 5.32 Å². The van der Waals surface area contributed by atoms with Crippen molar-refractivity contribution in [3.8, 4) is 11.5 Å². The van der Waals surface area contributed by atoms with Crippen molar-refractivity contribution in [2.45, 2.75) is 32.8 Å². The molecule has 3 nitrogen and oxygen atoms in total. The van der Waals surface area contributed by atoms with Crippen molar-refractivity contribution in [1.29, 1.82) is 0 Å². The van der Waals surface area contributed by atoms with Crippen LogP contribution in [-0.2, 0) is 0 Å². The summed E-state index contributed by atoms with van der Waals surface area (Å²) in [6.45, 7) is 6.27. The van der Waals surface area contributed by atoms with Gasteiger partial charge < -0.3 is 14.8 Å². The first-order valence-electron chi connectivity index (χ1n) is 6.23. The molecular weight excluding hydrogens is 214 g/mol. The van der Waals surface area contributed by atoms with Crippen LogP contribution in [0.5, 0.6) is 11.5 Å². The second kappa shape index (κ2) is 5.41. The molecule has 0 aliphatic carbocycles. The third-order valence-electron chi connectivity index (χ3n) is 3.36. The summed E-state index contributed by atoms with van der Waals surface area (Å²) in [5, 5.41) is 3.34. The van der Waals surface area contributed by atoms with E-state index in [-0.39, 0.29) is 0 Å². The Morgan fingerprint density at radius 2 is 1.65 bits per heavy atom. The van der Waals surface area contributed by atoms with Crippen LogP contribution in [0.25, 0.3) is 0 Å². The Labute approximate surface area is 103 Å². The lowest BCUT2D eigenvalue weighted by Gasteiger charge is -2.25. The van der Waals surface area contributed by atoms with Gasteiger partial charge in [-0.05, 0) is 63.0 Å². The molecule has 1 aromatic carbocycles. The normalized spacial score (nSPS) is 16.9. The number of methoxy groups -OCH3 is 1. The van der Waals surface area contributed by atoms with E-state index in [9.17, 15) is 0 Å². The number of aryl methyl sites for hydroxylation is 2. The molecule has 0 atom stereocenters. The molecule has 1 N–H and O–H groups in total. The molecule has 1 heterocycles. The molecule has 0 aromatic heterocycles. The molecule has 0 bridgehead atoms. The van der Waals surface area contributed by atoms with Gasteiger partial charge in [-0.25, -0.2) is 0 Å². The molecule has 0 amide bonds. The average molecular weight is 235 g/mol. The maximum absolute atomic E-state index is 6.05. The Bertz CT molecular complexity index is 384. The van der Waals surface area contributed by atoms with Gasteiger partial charge in [0.05, 0.1) is 7.11 Å². The van der Waals surface area contributed by atoms with Crippen LogP contribution >= 0.6 is 0 Å². The van der Waals surface area contributed by atoms with Crippen molar-refractivity contribution in [2.24, 2.45) is 0 Å². The summed E-state index contributed by atoms with van der Waals surface area (Å²) in [5.41, 5.74) is 2.48. The standard InChI is InChI=1S/C14H21NO2/c1-10-8-13(16-3)14(9-11(10)2)17-12-4-6-15-7-5-12/h8-9,12,15H,4-7H2,1-3H3. The molecule has 17 heavy (non-hydrogen) atoms. The van der Waals surface area contributed by atoms with E-state index in [1.807, 2.05) is 6.07 Å². The Balaban J connectivity index is 2.15. The van der Waals surface area contributed by atoms with Gasteiger partial charge in [0, 0.05) is 0 Å². The van der Waals surface area contributed by atoms with Gasteiger partial charge in [-0.2, -0.15) is 0 Å². The fourth-order valence-corrected chi connectivity index (χ4v) is 2.11. The van der Waals surface area contributed by atoms with E-state index < -0.39 is 0 Å². The molecule has 0 saturated carbocycles. The van der Waals surface area contributed by atoms with E-state index in [4.69, 9.17) is 9.47 Å². The topological polar surface area (TPSA) is 30.5 Å². The van der Waals surface area contributed by atoms with E-state index in [1.165, 1.54) is 11.1 Å². The predicted molar refractivity (Wildman–Crippen MR) is 69.0 cm³/mol. The van der Waals surface area contributed by atoms with E-state index >= 15 is 0 Å². The van der Waals surface area contributed by atoms with Crippen LogP contribution in [0.4, 0.5) is 0 Å². The third-order valence-corrected chi connectivity index (χ3v) is 3.36. The Hall–Kier alpha value is -1.22. The third kappa shape index (κ3) is 2.91. The molecule has 2 rings (SSSR count). The maximum Gasteiger partial charge on any atom is 0.161 e. The summed E-state index contributed by atoms with van der Waals surface area (Å²) >= 11 is 0. The minimum Gasteiger partial charge on any atom is -0.493 e. The zero-order valence-electron chi connectivity index (χ0n) is 10.9. The van der Waals surface area contributed by atoms with Crippen molar-refractivity contribution >= 4 is 0 Å². The number of hydrogen-bond acceptors (Lipinski definition) is 3. The lowest BCUT2D eigenvalue weighted by atomic mass is 10.1. The fraction of sp³-hybridized carbons (Fsp3) is 0.571. The molecule has 0 radical (unpaired) electrons. The van der Waals surface area contributed by atoms with Crippen molar-refractivity contribution in [3.63, 3.8) is 0 Å². The largest absolute Gasteiger partial charge is 0.493 e. The van der Waals surface area contributed by atoms with Gasteiger partial charge in [0.25, 0.3) is 0 Å². The molecule has 1 saturated heterocycles. The number of rotatable bonds is 3. The van der Waals surface area contributed by atoms with Crippen LogP contribution in [0.2, 0.25) is 0 Å². The highest BCUT2D eigenvalue weighted by Gasteiger charge is 2.17. The number of benzene rings is 1. The predicted octanol–water partition coefficient (Wildman–Crippen LogP) is 2.44. The molecule has 1 aliphatic rings. The first-order valence-corrected chi connectivity index (χ1v) is 6.23. The minimum atomic E-state index is 0.312. The molecule has 0 spiro atoms. The molecule has 3 heteroatoms. The Morgan fingerprint density at radius 3 is 2.24 bits per heavy atom. The van der Waals surface area contributed by atoms with Crippen molar-refractivity contribution < 1.29 is 9.47 Å². The fourth-order valence-electron chi connectivity index (χ4n) is 2.11. The minimum absolute atomic E-state index is 0.312. The first-order chi connectivity index (χ1) is 8.20. The number of hydrogen-bond donors (Lipinski definition) is 1. The Morgan fingerprint density at radius 1 is 1.06 bits per heavy atom. The van der Waals surface area contributed by atoms with Crippen molar-refractivity contribution in [3.05, 3.63) is 23.3 Å². The highest BCUT2D eigenvalue weighted by molar-refractivity contribution is 5.46. The molecule has 1 fully saturated rings. The highest BCUT2D eigenvalue weighted by Crippen LogP contribution is 2.31. The van der Waals surface area contributed by atoms with Crippen LogP contribution < -0.4 is 14.8 Å². The van der Waals surface area contributed by atoms with Crippen LogP contribution in [0.15, 0.2) is 12.1 Å². The molecular formula is C14H21NO2. The summed E-state index contributed by atoms with van der Waals surface area (Å²) in [7, 11) is 1.69. The van der Waals surface area contributed by atoms with Crippen LogP contribution in [0, 0.1) is 13.8 Å². The van der Waals surface area contributed by atoms with Crippen molar-refractivity contribution in [2.75, 3.05) is 20.2 Å². The van der Waals surface area contributed by atoms with E-state index in [1.54, 1.807) is 7.11 Å². The van der Waals surface area contributed by atoms with Gasteiger partial charge >= 0.3 is 0 Å². The average Bonchev–Trinajstić information content (AvgIpc) is 2.35. The van der Waals surface area contributed by atoms with Crippen LogP contribution in [0.1, 0.15) is 24.0 Å². The van der Waals surface area contributed by atoms with Gasteiger partial charge in [0.1, 0.15) is 6.10 Å². The molecule has 1 aromatic rings. The Kier molecular flexibility index (Phi) is 3.89. The van der Waals surface area contributed by atoms with Gasteiger partial charge in [-0.3, -0.25) is 0 Å². The summed E-state index contributed by atoms with van der Waals surface area (Å²) in [4.78, 5) is 0. The molecule has 94 valence electrons.